The summed E-state index contributed by atoms with van der Waals surface area (Å²) in [6.07, 6.45) is 2.24. The Labute approximate surface area is 151 Å². The lowest BCUT2D eigenvalue weighted by atomic mass is 10.2. The van der Waals surface area contributed by atoms with E-state index in [1.807, 2.05) is 18.7 Å². The summed E-state index contributed by atoms with van der Waals surface area (Å²) in [6.45, 7) is 9.73. The molecule has 1 aliphatic heterocycles. The number of hydrogen-bond donors (Lipinski definition) is 1. The second-order valence-electron chi connectivity index (χ2n) is 6.01. The summed E-state index contributed by atoms with van der Waals surface area (Å²) in [7, 11) is 0. The molecule has 1 aliphatic rings. The van der Waals surface area contributed by atoms with E-state index < -0.39 is 0 Å². The van der Waals surface area contributed by atoms with Crippen molar-refractivity contribution in [3.63, 3.8) is 0 Å². The zero-order valence-corrected chi connectivity index (χ0v) is 15.9. The van der Waals surface area contributed by atoms with Crippen molar-refractivity contribution in [1.29, 1.82) is 0 Å². The van der Waals surface area contributed by atoms with E-state index >= 15 is 0 Å². The van der Waals surface area contributed by atoms with E-state index in [1.54, 1.807) is 0 Å². The van der Waals surface area contributed by atoms with E-state index in [9.17, 15) is 0 Å². The van der Waals surface area contributed by atoms with Crippen molar-refractivity contribution in [2.24, 2.45) is 10.9 Å². The number of hydrogen-bond acceptors (Lipinski definition) is 3. The van der Waals surface area contributed by atoms with Gasteiger partial charge >= 0.3 is 0 Å². The number of aliphatic imine (C=N–C) groups is 1. The lowest BCUT2D eigenvalue weighted by Crippen LogP contribution is -2.40. The van der Waals surface area contributed by atoms with Crippen LogP contribution in [0.4, 0.5) is 0 Å². The van der Waals surface area contributed by atoms with E-state index in [-0.39, 0.29) is 0 Å². The minimum atomic E-state index is 0.738. The summed E-state index contributed by atoms with van der Waals surface area (Å²) in [6, 6.07) is 10.7. The minimum absolute atomic E-state index is 0.738. The maximum absolute atomic E-state index is 5.39. The van der Waals surface area contributed by atoms with E-state index in [4.69, 9.17) is 9.73 Å². The molecule has 4 nitrogen and oxygen atoms in total. The molecular weight excluding hydrogens is 318 g/mol. The molecule has 1 unspecified atom stereocenters. The maximum atomic E-state index is 5.39. The van der Waals surface area contributed by atoms with Gasteiger partial charge in [-0.15, -0.1) is 11.8 Å². The molecule has 0 amide bonds. The summed E-state index contributed by atoms with van der Waals surface area (Å²) in [5, 5.41) is 3.44. The Morgan fingerprint density at radius 3 is 2.92 bits per heavy atom. The normalized spacial score (nSPS) is 18.2. The summed E-state index contributed by atoms with van der Waals surface area (Å²) in [5.41, 5.74) is 0. The van der Waals surface area contributed by atoms with Gasteiger partial charge in [0.15, 0.2) is 5.96 Å². The van der Waals surface area contributed by atoms with Gasteiger partial charge in [-0.2, -0.15) is 0 Å². The zero-order valence-electron chi connectivity index (χ0n) is 15.0. The van der Waals surface area contributed by atoms with E-state index in [0.29, 0.717) is 0 Å². The van der Waals surface area contributed by atoms with Crippen molar-refractivity contribution in [1.82, 2.24) is 10.2 Å². The third-order valence-electron chi connectivity index (χ3n) is 4.06. The van der Waals surface area contributed by atoms with Crippen LogP contribution in [0.1, 0.15) is 26.7 Å². The number of ether oxygens (including phenoxy) is 1. The molecule has 134 valence electrons. The van der Waals surface area contributed by atoms with Crippen molar-refractivity contribution in [2.75, 3.05) is 45.1 Å². The first-order valence-electron chi connectivity index (χ1n) is 9.12. The summed E-state index contributed by atoms with van der Waals surface area (Å²) in [4.78, 5) is 8.55. The van der Waals surface area contributed by atoms with Crippen LogP contribution in [0.15, 0.2) is 40.2 Å². The number of nitrogens with one attached hydrogen (secondary N) is 1. The number of likely N-dealkylation sites (tertiary alicyclic amines) is 1. The quantitative estimate of drug-likeness (QED) is 0.320. The maximum Gasteiger partial charge on any atom is 0.193 e. The van der Waals surface area contributed by atoms with Gasteiger partial charge in [-0.05, 0) is 44.7 Å². The average Bonchev–Trinajstić information content (AvgIpc) is 3.09. The molecule has 0 saturated carbocycles. The second kappa shape index (κ2) is 11.4. The number of nitrogens with zero attached hydrogens (tertiary/aromatic N) is 2. The number of benzene rings is 1. The highest BCUT2D eigenvalue weighted by Gasteiger charge is 2.24. The van der Waals surface area contributed by atoms with Crippen LogP contribution in [0.5, 0.6) is 0 Å². The van der Waals surface area contributed by atoms with Crippen molar-refractivity contribution >= 4 is 17.7 Å². The van der Waals surface area contributed by atoms with Gasteiger partial charge in [-0.25, -0.2) is 0 Å². The number of thioether (sulfide) groups is 1. The predicted octanol–water partition coefficient (Wildman–Crippen LogP) is 3.49. The van der Waals surface area contributed by atoms with Gasteiger partial charge < -0.3 is 15.0 Å². The fraction of sp³-hybridized carbons (Fsp3) is 0.632. The van der Waals surface area contributed by atoms with Gasteiger partial charge in [-0.1, -0.05) is 18.2 Å². The third-order valence-corrected chi connectivity index (χ3v) is 5.31. The Morgan fingerprint density at radius 2 is 2.17 bits per heavy atom. The van der Waals surface area contributed by atoms with Crippen LogP contribution in [0, 0.1) is 5.92 Å². The molecular formula is C19H31N3OS. The molecule has 1 atom stereocenters. The molecule has 0 aliphatic carbocycles. The Bertz CT molecular complexity index is 481. The van der Waals surface area contributed by atoms with Crippen molar-refractivity contribution in [3.8, 4) is 0 Å². The zero-order chi connectivity index (χ0) is 17.0. The smallest absolute Gasteiger partial charge is 0.193 e. The summed E-state index contributed by atoms with van der Waals surface area (Å²) < 4.78 is 5.39. The predicted molar refractivity (Wildman–Crippen MR) is 104 cm³/mol. The molecule has 2 rings (SSSR count). The van der Waals surface area contributed by atoms with Gasteiger partial charge in [0.1, 0.15) is 0 Å². The van der Waals surface area contributed by atoms with E-state index in [2.05, 4.69) is 47.5 Å². The number of guanidine groups is 1. The summed E-state index contributed by atoms with van der Waals surface area (Å²) >= 11 is 1.97. The number of rotatable bonds is 9. The van der Waals surface area contributed by atoms with E-state index in [0.717, 1.165) is 57.7 Å². The lowest BCUT2D eigenvalue weighted by Gasteiger charge is -2.21. The molecule has 0 bridgehead atoms. The molecule has 1 N–H and O–H groups in total. The molecule has 0 radical (unpaired) electrons. The van der Waals surface area contributed by atoms with Crippen molar-refractivity contribution < 1.29 is 4.74 Å². The van der Waals surface area contributed by atoms with Crippen LogP contribution >= 0.6 is 11.8 Å². The monoisotopic (exact) mass is 349 g/mol. The molecule has 1 saturated heterocycles. The van der Waals surface area contributed by atoms with Crippen LogP contribution < -0.4 is 5.32 Å². The van der Waals surface area contributed by atoms with Gasteiger partial charge in [0, 0.05) is 50.0 Å². The van der Waals surface area contributed by atoms with Gasteiger partial charge in [-0.3, -0.25) is 4.99 Å². The minimum Gasteiger partial charge on any atom is -0.382 e. The van der Waals surface area contributed by atoms with E-state index in [1.165, 1.54) is 17.1 Å². The van der Waals surface area contributed by atoms with Crippen LogP contribution in [0.25, 0.3) is 0 Å². The van der Waals surface area contributed by atoms with Gasteiger partial charge in [0.2, 0.25) is 0 Å². The first kappa shape index (κ1) is 19.1. The molecule has 24 heavy (non-hydrogen) atoms. The van der Waals surface area contributed by atoms with Crippen molar-refractivity contribution in [3.05, 3.63) is 30.3 Å². The molecule has 0 spiro atoms. The summed E-state index contributed by atoms with van der Waals surface area (Å²) in [5.74, 6) is 2.99. The standard InChI is InChI=1S/C19H31N3OS/c1-3-20-19(21-12-8-14-23-4-2)22-13-11-17(15-22)16-24-18-9-6-5-7-10-18/h5-7,9-10,17H,3-4,8,11-16H2,1-2H3,(H,20,21). The average molecular weight is 350 g/mol. The first-order chi connectivity index (χ1) is 11.8. The fourth-order valence-corrected chi connectivity index (χ4v) is 3.86. The topological polar surface area (TPSA) is 36.9 Å². The Morgan fingerprint density at radius 1 is 1.33 bits per heavy atom. The first-order valence-corrected chi connectivity index (χ1v) is 10.1. The van der Waals surface area contributed by atoms with Crippen LogP contribution in [0.2, 0.25) is 0 Å². The SMILES string of the molecule is CCNC(=NCCCOCC)N1CCC(CSc2ccccc2)C1. The van der Waals surface area contributed by atoms with Gasteiger partial charge in [0.05, 0.1) is 0 Å². The molecule has 5 heteroatoms. The van der Waals surface area contributed by atoms with Crippen LogP contribution in [0.3, 0.4) is 0 Å². The highest BCUT2D eigenvalue weighted by molar-refractivity contribution is 7.99. The van der Waals surface area contributed by atoms with Crippen LogP contribution in [-0.2, 0) is 4.74 Å². The Hall–Kier alpha value is -1.20. The van der Waals surface area contributed by atoms with Crippen LogP contribution in [-0.4, -0.2) is 56.0 Å². The molecule has 1 aromatic rings. The Balaban J connectivity index is 1.76. The molecule has 1 fully saturated rings. The highest BCUT2D eigenvalue weighted by atomic mass is 32.2. The largest absolute Gasteiger partial charge is 0.382 e. The third kappa shape index (κ3) is 6.73. The van der Waals surface area contributed by atoms with Crippen molar-refractivity contribution in [2.45, 2.75) is 31.6 Å². The molecule has 1 aromatic carbocycles. The van der Waals surface area contributed by atoms with Gasteiger partial charge in [0.25, 0.3) is 0 Å². The Kier molecular flexibility index (Phi) is 9.06. The lowest BCUT2D eigenvalue weighted by molar-refractivity contribution is 0.146. The second-order valence-corrected chi connectivity index (χ2v) is 7.10. The molecule has 1 heterocycles. The molecule has 0 aromatic heterocycles. The highest BCUT2D eigenvalue weighted by Crippen LogP contribution is 2.25. The fourth-order valence-electron chi connectivity index (χ4n) is 2.81.